The molecular formula is C17H26N2O3S. The smallest absolute Gasteiger partial charge is 0.242 e. The zero-order valence-corrected chi connectivity index (χ0v) is 14.6. The highest BCUT2D eigenvalue weighted by Gasteiger charge is 2.27. The van der Waals surface area contributed by atoms with Gasteiger partial charge in [0, 0.05) is 10.8 Å². The summed E-state index contributed by atoms with van der Waals surface area (Å²) < 4.78 is 0. The van der Waals surface area contributed by atoms with Gasteiger partial charge in [0.1, 0.15) is 11.6 Å². The molecule has 128 valence electrons. The highest BCUT2D eigenvalue weighted by molar-refractivity contribution is 7.10. The second-order valence-electron chi connectivity index (χ2n) is 6.53. The van der Waals surface area contributed by atoms with Crippen LogP contribution in [-0.4, -0.2) is 29.5 Å². The van der Waals surface area contributed by atoms with Crippen LogP contribution in [0.1, 0.15) is 50.8 Å². The van der Waals surface area contributed by atoms with Gasteiger partial charge in [-0.1, -0.05) is 25.3 Å². The molecule has 0 radical (unpaired) electrons. The van der Waals surface area contributed by atoms with Crippen molar-refractivity contribution in [2.75, 3.05) is 6.54 Å². The highest BCUT2D eigenvalue weighted by atomic mass is 32.1. The van der Waals surface area contributed by atoms with Crippen molar-refractivity contribution in [1.82, 2.24) is 10.6 Å². The SMILES string of the molecule is C[C@@H](NC(=O)C1CCCCC1)C(=O)NC[C@@](C)(O)c1cccs1. The van der Waals surface area contributed by atoms with Crippen molar-refractivity contribution in [3.05, 3.63) is 22.4 Å². The minimum absolute atomic E-state index is 0.0302. The zero-order valence-electron chi connectivity index (χ0n) is 13.8. The predicted molar refractivity (Wildman–Crippen MR) is 91.1 cm³/mol. The molecule has 6 heteroatoms. The molecule has 2 atom stereocenters. The first-order valence-electron chi connectivity index (χ1n) is 8.24. The summed E-state index contributed by atoms with van der Waals surface area (Å²) in [6.07, 6.45) is 5.18. The van der Waals surface area contributed by atoms with Gasteiger partial charge in [-0.3, -0.25) is 9.59 Å². The third-order valence-corrected chi connectivity index (χ3v) is 5.51. The van der Waals surface area contributed by atoms with Gasteiger partial charge in [0.05, 0.1) is 6.54 Å². The van der Waals surface area contributed by atoms with Crippen LogP contribution >= 0.6 is 11.3 Å². The molecule has 1 aliphatic rings. The molecule has 0 aliphatic heterocycles. The molecule has 0 unspecified atom stereocenters. The number of aliphatic hydroxyl groups is 1. The Morgan fingerprint density at radius 2 is 2.09 bits per heavy atom. The number of nitrogens with one attached hydrogen (secondary N) is 2. The summed E-state index contributed by atoms with van der Waals surface area (Å²) in [6.45, 7) is 3.47. The van der Waals surface area contributed by atoms with E-state index in [0.29, 0.717) is 0 Å². The van der Waals surface area contributed by atoms with Crippen molar-refractivity contribution in [3.63, 3.8) is 0 Å². The summed E-state index contributed by atoms with van der Waals surface area (Å²) in [5, 5.41) is 17.8. The third kappa shape index (κ3) is 5.04. The lowest BCUT2D eigenvalue weighted by atomic mass is 9.88. The molecule has 0 saturated heterocycles. The van der Waals surface area contributed by atoms with Crippen molar-refractivity contribution in [2.24, 2.45) is 5.92 Å². The lowest BCUT2D eigenvalue weighted by molar-refractivity contribution is -0.131. The topological polar surface area (TPSA) is 78.4 Å². The van der Waals surface area contributed by atoms with Gasteiger partial charge < -0.3 is 15.7 Å². The fourth-order valence-electron chi connectivity index (χ4n) is 2.85. The normalized spacial score (nSPS) is 19.6. The molecule has 0 bridgehead atoms. The maximum atomic E-state index is 12.2. The van der Waals surface area contributed by atoms with E-state index in [4.69, 9.17) is 0 Å². The average molecular weight is 338 g/mol. The highest BCUT2D eigenvalue weighted by Crippen LogP contribution is 2.25. The van der Waals surface area contributed by atoms with Gasteiger partial charge in [-0.2, -0.15) is 0 Å². The van der Waals surface area contributed by atoms with Crippen LogP contribution < -0.4 is 10.6 Å². The molecular weight excluding hydrogens is 312 g/mol. The van der Waals surface area contributed by atoms with E-state index < -0.39 is 11.6 Å². The van der Waals surface area contributed by atoms with Crippen molar-refractivity contribution < 1.29 is 14.7 Å². The Kier molecular flexibility index (Phi) is 6.18. The maximum Gasteiger partial charge on any atom is 0.242 e. The minimum atomic E-state index is -1.10. The maximum absolute atomic E-state index is 12.2. The van der Waals surface area contributed by atoms with E-state index in [2.05, 4.69) is 10.6 Å². The van der Waals surface area contributed by atoms with Crippen molar-refractivity contribution >= 4 is 23.2 Å². The largest absolute Gasteiger partial charge is 0.383 e. The number of amides is 2. The van der Waals surface area contributed by atoms with Gasteiger partial charge in [-0.25, -0.2) is 0 Å². The summed E-state index contributed by atoms with van der Waals surface area (Å²) in [6, 6.07) is 3.11. The molecule has 0 aromatic carbocycles. The molecule has 1 aromatic heterocycles. The van der Waals surface area contributed by atoms with E-state index >= 15 is 0 Å². The molecule has 5 nitrogen and oxygen atoms in total. The van der Waals surface area contributed by atoms with Gasteiger partial charge in [-0.15, -0.1) is 11.3 Å². The van der Waals surface area contributed by atoms with Crippen LogP contribution in [0, 0.1) is 5.92 Å². The molecule has 2 amide bonds. The van der Waals surface area contributed by atoms with E-state index in [1.165, 1.54) is 17.8 Å². The van der Waals surface area contributed by atoms with E-state index in [-0.39, 0.29) is 24.3 Å². The second kappa shape index (κ2) is 7.93. The quantitative estimate of drug-likeness (QED) is 0.744. The predicted octanol–water partition coefficient (Wildman–Crippen LogP) is 2.16. The number of hydrogen-bond acceptors (Lipinski definition) is 4. The van der Waals surface area contributed by atoms with Gasteiger partial charge in [0.25, 0.3) is 0 Å². The molecule has 1 aromatic rings. The number of carbonyl (C=O) groups is 2. The Bertz CT molecular complexity index is 522. The van der Waals surface area contributed by atoms with Gasteiger partial charge in [0.15, 0.2) is 0 Å². The van der Waals surface area contributed by atoms with Crippen LogP contribution in [-0.2, 0) is 15.2 Å². The molecule has 2 rings (SSSR count). The van der Waals surface area contributed by atoms with Crippen molar-refractivity contribution in [1.29, 1.82) is 0 Å². The molecule has 1 saturated carbocycles. The summed E-state index contributed by atoms with van der Waals surface area (Å²) in [4.78, 5) is 25.1. The second-order valence-corrected chi connectivity index (χ2v) is 7.48. The molecule has 1 fully saturated rings. The van der Waals surface area contributed by atoms with Gasteiger partial charge >= 0.3 is 0 Å². The summed E-state index contributed by atoms with van der Waals surface area (Å²) >= 11 is 1.45. The number of carbonyl (C=O) groups excluding carboxylic acids is 2. The van der Waals surface area contributed by atoms with E-state index in [1.807, 2.05) is 17.5 Å². The van der Waals surface area contributed by atoms with Crippen molar-refractivity contribution in [2.45, 2.75) is 57.6 Å². The summed E-state index contributed by atoms with van der Waals surface area (Å²) in [7, 11) is 0. The van der Waals surface area contributed by atoms with Gasteiger partial charge in [0.2, 0.25) is 11.8 Å². The number of thiophene rings is 1. The van der Waals surface area contributed by atoms with E-state index in [1.54, 1.807) is 13.8 Å². The molecule has 23 heavy (non-hydrogen) atoms. The van der Waals surface area contributed by atoms with E-state index in [9.17, 15) is 14.7 Å². The Hall–Kier alpha value is -1.40. The van der Waals surface area contributed by atoms with Crippen LogP contribution in [0.5, 0.6) is 0 Å². The first-order chi connectivity index (χ1) is 10.9. The first-order valence-corrected chi connectivity index (χ1v) is 9.12. The third-order valence-electron chi connectivity index (χ3n) is 4.39. The van der Waals surface area contributed by atoms with Crippen LogP contribution in [0.4, 0.5) is 0 Å². The Balaban J connectivity index is 1.79. The Morgan fingerprint density at radius 1 is 1.39 bits per heavy atom. The molecule has 1 heterocycles. The Labute approximate surface area is 141 Å². The summed E-state index contributed by atoms with van der Waals surface area (Å²) in [5.41, 5.74) is -1.10. The standard InChI is InChI=1S/C17H26N2O3S/c1-12(19-16(21)13-7-4-3-5-8-13)15(20)18-11-17(2,22)14-9-6-10-23-14/h6,9-10,12-13,22H,3-5,7-8,11H2,1-2H3,(H,18,20)(H,19,21)/t12-,17-/m1/s1. The van der Waals surface area contributed by atoms with Crippen molar-refractivity contribution in [3.8, 4) is 0 Å². The fraction of sp³-hybridized carbons (Fsp3) is 0.647. The molecule has 1 aliphatic carbocycles. The fourth-order valence-corrected chi connectivity index (χ4v) is 3.63. The molecule has 0 spiro atoms. The summed E-state index contributed by atoms with van der Waals surface area (Å²) in [5.74, 6) is -0.267. The van der Waals surface area contributed by atoms with Crippen LogP contribution in [0.15, 0.2) is 17.5 Å². The van der Waals surface area contributed by atoms with Gasteiger partial charge in [-0.05, 0) is 38.1 Å². The number of hydrogen-bond donors (Lipinski definition) is 3. The van der Waals surface area contributed by atoms with Crippen LogP contribution in [0.25, 0.3) is 0 Å². The minimum Gasteiger partial charge on any atom is -0.383 e. The lowest BCUT2D eigenvalue weighted by Crippen LogP contribution is -2.49. The molecule has 3 N–H and O–H groups in total. The van der Waals surface area contributed by atoms with Crippen LogP contribution in [0.2, 0.25) is 0 Å². The van der Waals surface area contributed by atoms with E-state index in [0.717, 1.165) is 30.6 Å². The van der Waals surface area contributed by atoms with Crippen LogP contribution in [0.3, 0.4) is 0 Å². The average Bonchev–Trinajstić information content (AvgIpc) is 3.08. The monoisotopic (exact) mass is 338 g/mol. The Morgan fingerprint density at radius 3 is 2.70 bits per heavy atom. The zero-order chi connectivity index (χ0) is 16.9. The first kappa shape index (κ1) is 17.9. The number of rotatable bonds is 6. The lowest BCUT2D eigenvalue weighted by Gasteiger charge is -2.25.